The molecule has 2 aromatic heterocycles. The summed E-state index contributed by atoms with van der Waals surface area (Å²) in [4.78, 5) is 6.79. The van der Waals surface area contributed by atoms with Crippen molar-refractivity contribution < 1.29 is 13.9 Å². The van der Waals surface area contributed by atoms with Crippen molar-refractivity contribution in [3.63, 3.8) is 0 Å². The van der Waals surface area contributed by atoms with Gasteiger partial charge in [0.2, 0.25) is 0 Å². The van der Waals surface area contributed by atoms with Crippen LogP contribution in [0.5, 0.6) is 11.5 Å². The predicted octanol–water partition coefficient (Wildman–Crippen LogP) is 6.18. The zero-order chi connectivity index (χ0) is 21.4. The normalized spacial score (nSPS) is 11.5. The number of rotatable bonds is 6. The van der Waals surface area contributed by atoms with Gasteiger partial charge in [-0.15, -0.1) is 0 Å². The van der Waals surface area contributed by atoms with Gasteiger partial charge in [-0.3, -0.25) is 0 Å². The molecule has 4 nitrogen and oxygen atoms in total. The van der Waals surface area contributed by atoms with Crippen LogP contribution in [0.2, 0.25) is 0 Å². The van der Waals surface area contributed by atoms with E-state index in [1.54, 1.807) is 14.2 Å². The molecule has 3 aromatic carbocycles. The predicted molar refractivity (Wildman–Crippen MR) is 122 cm³/mol. The van der Waals surface area contributed by atoms with E-state index in [2.05, 4.69) is 34.5 Å². The maximum absolute atomic E-state index is 13.5. The fourth-order valence-electron chi connectivity index (χ4n) is 4.32. The summed E-state index contributed by atoms with van der Waals surface area (Å²) in [5.74, 6) is 1.45. The highest BCUT2D eigenvalue weighted by Gasteiger charge is 2.22. The standard InChI is InChI=1S/C26H23FN2O2/c1-30-18-7-9-25-21(12-18)23(14-28-25)20(11-16-3-5-17(27)6-4-16)24-15-29-26-10-8-19(31-2)13-22(24)26/h3-10,12-15,20,28-29H,11H2,1-2H3. The average Bonchev–Trinajstić information content (AvgIpc) is 3.42. The monoisotopic (exact) mass is 414 g/mol. The summed E-state index contributed by atoms with van der Waals surface area (Å²) in [6, 6.07) is 18.8. The molecule has 0 saturated carbocycles. The minimum Gasteiger partial charge on any atom is -0.497 e. The Balaban J connectivity index is 1.69. The molecule has 0 saturated heterocycles. The van der Waals surface area contributed by atoms with Gasteiger partial charge >= 0.3 is 0 Å². The van der Waals surface area contributed by atoms with Crippen LogP contribution >= 0.6 is 0 Å². The van der Waals surface area contributed by atoms with Crippen molar-refractivity contribution in [1.29, 1.82) is 0 Å². The number of benzene rings is 3. The number of aromatic amines is 2. The van der Waals surface area contributed by atoms with E-state index in [-0.39, 0.29) is 11.7 Å². The molecule has 5 rings (SSSR count). The number of fused-ring (bicyclic) bond motifs is 2. The summed E-state index contributed by atoms with van der Waals surface area (Å²) in [5, 5.41) is 2.23. The second-order valence-electron chi connectivity index (χ2n) is 7.69. The minimum absolute atomic E-state index is 0.0483. The van der Waals surface area contributed by atoms with Gasteiger partial charge in [0.1, 0.15) is 17.3 Å². The molecule has 0 fully saturated rings. The molecule has 0 aliphatic carbocycles. The molecule has 0 bridgehead atoms. The lowest BCUT2D eigenvalue weighted by molar-refractivity contribution is 0.415. The second-order valence-corrected chi connectivity index (χ2v) is 7.69. The summed E-state index contributed by atoms with van der Waals surface area (Å²) in [7, 11) is 3.35. The first kappa shape index (κ1) is 19.2. The number of H-pyrrole nitrogens is 2. The van der Waals surface area contributed by atoms with Crippen LogP contribution in [0.4, 0.5) is 4.39 Å². The molecule has 2 heterocycles. The average molecular weight is 414 g/mol. The van der Waals surface area contributed by atoms with Gasteiger partial charge in [0.15, 0.2) is 0 Å². The third kappa shape index (κ3) is 3.52. The Morgan fingerprint density at radius 1 is 0.742 bits per heavy atom. The number of aromatic nitrogens is 2. The van der Waals surface area contributed by atoms with E-state index in [0.29, 0.717) is 0 Å². The summed E-state index contributed by atoms with van der Waals surface area (Å²) in [5.41, 5.74) is 5.51. The molecule has 0 unspecified atom stereocenters. The molecule has 5 aromatic rings. The first-order valence-electron chi connectivity index (χ1n) is 10.2. The fourth-order valence-corrected chi connectivity index (χ4v) is 4.32. The van der Waals surface area contributed by atoms with Crippen LogP contribution in [0.25, 0.3) is 21.8 Å². The summed E-state index contributed by atoms with van der Waals surface area (Å²) < 4.78 is 24.5. The van der Waals surface area contributed by atoms with Gasteiger partial charge in [-0.2, -0.15) is 0 Å². The third-order valence-electron chi connectivity index (χ3n) is 5.95. The summed E-state index contributed by atoms with van der Waals surface area (Å²) in [6.07, 6.45) is 4.86. The molecule has 0 aliphatic rings. The van der Waals surface area contributed by atoms with Crippen molar-refractivity contribution in [1.82, 2.24) is 9.97 Å². The molecule has 5 heteroatoms. The summed E-state index contributed by atoms with van der Waals surface area (Å²) in [6.45, 7) is 0. The quantitative estimate of drug-likeness (QED) is 0.349. The number of ether oxygens (including phenoxy) is 2. The molecule has 31 heavy (non-hydrogen) atoms. The van der Waals surface area contributed by atoms with Gasteiger partial charge in [-0.25, -0.2) is 4.39 Å². The van der Waals surface area contributed by atoms with E-state index in [0.717, 1.165) is 45.3 Å². The SMILES string of the molecule is COc1ccc2[nH]cc(C(Cc3ccc(F)cc3)c3c[nH]c4ccc(OC)cc34)c2c1. The van der Waals surface area contributed by atoms with Crippen molar-refractivity contribution in [2.45, 2.75) is 12.3 Å². The Hall–Kier alpha value is -3.73. The van der Waals surface area contributed by atoms with Crippen LogP contribution in [-0.2, 0) is 6.42 Å². The van der Waals surface area contributed by atoms with Crippen molar-refractivity contribution in [2.75, 3.05) is 14.2 Å². The maximum Gasteiger partial charge on any atom is 0.123 e. The largest absolute Gasteiger partial charge is 0.497 e. The zero-order valence-corrected chi connectivity index (χ0v) is 17.4. The Labute approximate surface area is 179 Å². The lowest BCUT2D eigenvalue weighted by atomic mass is 9.85. The first-order chi connectivity index (χ1) is 15.2. The van der Waals surface area contributed by atoms with Gasteiger partial charge in [-0.1, -0.05) is 12.1 Å². The van der Waals surface area contributed by atoms with Crippen LogP contribution < -0.4 is 9.47 Å². The van der Waals surface area contributed by atoms with Crippen molar-refractivity contribution in [3.05, 3.63) is 95.6 Å². The molecular formula is C26H23FN2O2. The molecule has 0 spiro atoms. The fraction of sp³-hybridized carbons (Fsp3) is 0.154. The zero-order valence-electron chi connectivity index (χ0n) is 17.4. The smallest absolute Gasteiger partial charge is 0.123 e. The van der Waals surface area contributed by atoms with E-state index in [9.17, 15) is 4.39 Å². The molecule has 0 amide bonds. The van der Waals surface area contributed by atoms with Crippen molar-refractivity contribution in [2.24, 2.45) is 0 Å². The number of hydrogen-bond acceptors (Lipinski definition) is 2. The van der Waals surface area contributed by atoms with E-state index < -0.39 is 0 Å². The van der Waals surface area contributed by atoms with Gasteiger partial charge in [0.25, 0.3) is 0 Å². The van der Waals surface area contributed by atoms with Crippen LogP contribution in [-0.4, -0.2) is 24.2 Å². The second kappa shape index (κ2) is 7.84. The van der Waals surface area contributed by atoms with Gasteiger partial charge < -0.3 is 19.4 Å². The molecule has 156 valence electrons. The van der Waals surface area contributed by atoms with Gasteiger partial charge in [-0.05, 0) is 71.6 Å². The van der Waals surface area contributed by atoms with Gasteiger partial charge in [0.05, 0.1) is 14.2 Å². The minimum atomic E-state index is -0.228. The number of nitrogens with one attached hydrogen (secondary N) is 2. The Morgan fingerprint density at radius 2 is 1.26 bits per heavy atom. The van der Waals surface area contributed by atoms with Crippen molar-refractivity contribution in [3.8, 4) is 11.5 Å². The number of halogens is 1. The maximum atomic E-state index is 13.5. The van der Waals surface area contributed by atoms with E-state index in [1.807, 2.05) is 36.4 Å². The Bertz CT molecular complexity index is 1270. The molecule has 0 aliphatic heterocycles. The van der Waals surface area contributed by atoms with E-state index in [4.69, 9.17) is 9.47 Å². The summed E-state index contributed by atoms with van der Waals surface area (Å²) >= 11 is 0. The van der Waals surface area contributed by atoms with Crippen LogP contribution in [0, 0.1) is 5.82 Å². The molecule has 0 radical (unpaired) electrons. The molecular weight excluding hydrogens is 391 g/mol. The molecule has 2 N–H and O–H groups in total. The van der Waals surface area contributed by atoms with Crippen LogP contribution in [0.15, 0.2) is 73.1 Å². The topological polar surface area (TPSA) is 50.0 Å². The molecule has 0 atom stereocenters. The lowest BCUT2D eigenvalue weighted by Gasteiger charge is -2.17. The van der Waals surface area contributed by atoms with Crippen LogP contribution in [0.1, 0.15) is 22.6 Å². The van der Waals surface area contributed by atoms with Gasteiger partial charge in [0, 0.05) is 40.1 Å². The highest BCUT2D eigenvalue weighted by molar-refractivity contribution is 5.89. The third-order valence-corrected chi connectivity index (χ3v) is 5.95. The Kier molecular flexibility index (Phi) is 4.86. The first-order valence-corrected chi connectivity index (χ1v) is 10.2. The number of hydrogen-bond donors (Lipinski definition) is 2. The van der Waals surface area contributed by atoms with E-state index in [1.165, 1.54) is 23.3 Å². The Morgan fingerprint density at radius 3 is 1.74 bits per heavy atom. The highest BCUT2D eigenvalue weighted by atomic mass is 19.1. The van der Waals surface area contributed by atoms with Crippen molar-refractivity contribution >= 4 is 21.8 Å². The lowest BCUT2D eigenvalue weighted by Crippen LogP contribution is -2.04. The number of methoxy groups -OCH3 is 2. The van der Waals surface area contributed by atoms with E-state index >= 15 is 0 Å². The highest BCUT2D eigenvalue weighted by Crippen LogP contribution is 2.39. The van der Waals surface area contributed by atoms with Crippen LogP contribution in [0.3, 0.4) is 0 Å².